The predicted octanol–water partition coefficient (Wildman–Crippen LogP) is 4.00. The Kier molecular flexibility index (Phi) is 4.51. The van der Waals surface area contributed by atoms with Crippen LogP contribution in [-0.4, -0.2) is 18.2 Å². The first-order chi connectivity index (χ1) is 11.7. The number of rotatable bonds is 5. The molecule has 0 bridgehead atoms. The highest BCUT2D eigenvalue weighted by Gasteiger charge is 2.14. The molecule has 7 heteroatoms. The Hall–Kier alpha value is -3.22. The first-order valence-corrected chi connectivity index (χ1v) is 7.23. The lowest BCUT2D eigenvalue weighted by molar-refractivity contribution is 0.187. The third kappa shape index (κ3) is 3.57. The molecule has 2 aromatic heterocycles. The monoisotopic (exact) mass is 328 g/mol. The van der Waals surface area contributed by atoms with Crippen LogP contribution in [0.25, 0.3) is 11.7 Å². The number of nitrogens with one attached hydrogen (secondary N) is 1. The standard InChI is InChI=1S/C17H16N2O5/c1-11-14(19-16(24-11)15-7-4-8-22-15)10-23-13-6-3-5-12(9-13)18-17(20)21-2/h3-9H,10H2,1-2H3,(H,18,20). The van der Waals surface area contributed by atoms with Gasteiger partial charge in [0.05, 0.1) is 13.4 Å². The fourth-order valence-electron chi connectivity index (χ4n) is 2.05. The second-order valence-corrected chi connectivity index (χ2v) is 4.93. The Morgan fingerprint density at radius 1 is 1.29 bits per heavy atom. The van der Waals surface area contributed by atoms with Gasteiger partial charge in [0.15, 0.2) is 5.76 Å². The van der Waals surface area contributed by atoms with Gasteiger partial charge in [-0.05, 0) is 31.2 Å². The van der Waals surface area contributed by atoms with Crippen molar-refractivity contribution in [2.75, 3.05) is 12.4 Å². The zero-order valence-electron chi connectivity index (χ0n) is 13.2. The summed E-state index contributed by atoms with van der Waals surface area (Å²) in [7, 11) is 1.31. The molecule has 0 saturated heterocycles. The molecular weight excluding hydrogens is 312 g/mol. The van der Waals surface area contributed by atoms with Gasteiger partial charge in [0, 0.05) is 11.8 Å². The Bertz CT molecular complexity index is 823. The molecule has 0 fully saturated rings. The van der Waals surface area contributed by atoms with Gasteiger partial charge < -0.3 is 18.3 Å². The fourth-order valence-corrected chi connectivity index (χ4v) is 2.05. The van der Waals surface area contributed by atoms with Crippen molar-refractivity contribution in [1.82, 2.24) is 4.98 Å². The lowest BCUT2D eigenvalue weighted by atomic mass is 10.3. The van der Waals surface area contributed by atoms with Crippen LogP contribution in [0.5, 0.6) is 5.75 Å². The molecule has 3 rings (SSSR count). The Morgan fingerprint density at radius 2 is 2.17 bits per heavy atom. The minimum Gasteiger partial charge on any atom is -0.487 e. The van der Waals surface area contributed by atoms with E-state index in [-0.39, 0.29) is 6.61 Å². The molecule has 1 amide bonds. The van der Waals surface area contributed by atoms with Crippen LogP contribution in [0.15, 0.2) is 51.5 Å². The Balaban J connectivity index is 1.68. The molecule has 0 aliphatic carbocycles. The second-order valence-electron chi connectivity index (χ2n) is 4.93. The highest BCUT2D eigenvalue weighted by molar-refractivity contribution is 5.84. The molecule has 7 nitrogen and oxygen atoms in total. The van der Waals surface area contributed by atoms with Crippen molar-refractivity contribution >= 4 is 11.8 Å². The number of methoxy groups -OCH3 is 1. The molecule has 1 aromatic carbocycles. The van der Waals surface area contributed by atoms with E-state index < -0.39 is 6.09 Å². The maximum atomic E-state index is 11.2. The molecule has 24 heavy (non-hydrogen) atoms. The molecule has 3 aromatic rings. The van der Waals surface area contributed by atoms with Crippen LogP contribution in [-0.2, 0) is 11.3 Å². The fraction of sp³-hybridized carbons (Fsp3) is 0.176. The molecule has 1 N–H and O–H groups in total. The number of amides is 1. The molecule has 2 heterocycles. The first kappa shape index (κ1) is 15.7. The maximum Gasteiger partial charge on any atom is 0.411 e. The molecule has 0 aliphatic rings. The van der Waals surface area contributed by atoms with Gasteiger partial charge in [0.1, 0.15) is 23.8 Å². The predicted molar refractivity (Wildman–Crippen MR) is 85.7 cm³/mol. The van der Waals surface area contributed by atoms with Crippen LogP contribution in [0.1, 0.15) is 11.5 Å². The van der Waals surface area contributed by atoms with Gasteiger partial charge in [0.25, 0.3) is 5.89 Å². The molecule has 124 valence electrons. The summed E-state index contributed by atoms with van der Waals surface area (Å²) in [4.78, 5) is 15.6. The van der Waals surface area contributed by atoms with E-state index in [1.807, 2.05) is 6.92 Å². The van der Waals surface area contributed by atoms with Gasteiger partial charge >= 0.3 is 6.09 Å². The van der Waals surface area contributed by atoms with Gasteiger partial charge in [-0.1, -0.05) is 6.07 Å². The average molecular weight is 328 g/mol. The smallest absolute Gasteiger partial charge is 0.411 e. The van der Waals surface area contributed by atoms with Crippen LogP contribution >= 0.6 is 0 Å². The third-order valence-corrected chi connectivity index (χ3v) is 3.27. The van der Waals surface area contributed by atoms with E-state index in [0.717, 1.165) is 0 Å². The van der Waals surface area contributed by atoms with Crippen molar-refractivity contribution in [3.63, 3.8) is 0 Å². The third-order valence-electron chi connectivity index (χ3n) is 3.27. The van der Waals surface area contributed by atoms with Crippen molar-refractivity contribution in [1.29, 1.82) is 0 Å². The number of aryl methyl sites for hydroxylation is 1. The normalized spacial score (nSPS) is 10.4. The lowest BCUT2D eigenvalue weighted by Gasteiger charge is -2.07. The number of carbonyl (C=O) groups excluding carboxylic acids is 1. The highest BCUT2D eigenvalue weighted by atomic mass is 16.5. The van der Waals surface area contributed by atoms with Gasteiger partial charge in [-0.3, -0.25) is 5.32 Å². The summed E-state index contributed by atoms with van der Waals surface area (Å²) in [6.07, 6.45) is 1.02. The van der Waals surface area contributed by atoms with Crippen molar-refractivity contribution in [3.8, 4) is 17.4 Å². The number of benzene rings is 1. The molecular formula is C17H16N2O5. The van der Waals surface area contributed by atoms with Gasteiger partial charge in [0.2, 0.25) is 0 Å². The summed E-state index contributed by atoms with van der Waals surface area (Å²) in [6, 6.07) is 10.5. The van der Waals surface area contributed by atoms with Gasteiger partial charge in [-0.2, -0.15) is 0 Å². The van der Waals surface area contributed by atoms with Crippen LogP contribution in [0.3, 0.4) is 0 Å². The van der Waals surface area contributed by atoms with Gasteiger partial charge in [-0.15, -0.1) is 0 Å². The number of oxazole rings is 1. The van der Waals surface area contributed by atoms with Crippen LogP contribution in [0.2, 0.25) is 0 Å². The summed E-state index contributed by atoms with van der Waals surface area (Å²) < 4.78 is 21.1. The molecule has 0 atom stereocenters. The Labute approximate surface area is 138 Å². The molecule has 0 radical (unpaired) electrons. The van der Waals surface area contributed by atoms with E-state index in [4.69, 9.17) is 13.6 Å². The molecule has 0 aliphatic heterocycles. The zero-order chi connectivity index (χ0) is 16.9. The number of ether oxygens (including phenoxy) is 2. The number of aromatic nitrogens is 1. The SMILES string of the molecule is COC(=O)Nc1cccc(OCc2nc(-c3ccco3)oc2C)c1. The summed E-state index contributed by atoms with van der Waals surface area (Å²) in [5.74, 6) is 2.22. The summed E-state index contributed by atoms with van der Waals surface area (Å²) in [5.41, 5.74) is 1.25. The first-order valence-electron chi connectivity index (χ1n) is 7.23. The van der Waals surface area contributed by atoms with E-state index in [0.29, 0.717) is 34.5 Å². The lowest BCUT2D eigenvalue weighted by Crippen LogP contribution is -2.10. The topological polar surface area (TPSA) is 86.7 Å². The van der Waals surface area contributed by atoms with Crippen molar-refractivity contribution < 1.29 is 23.1 Å². The van der Waals surface area contributed by atoms with Crippen molar-refractivity contribution in [2.45, 2.75) is 13.5 Å². The number of hydrogen-bond donors (Lipinski definition) is 1. The van der Waals surface area contributed by atoms with Crippen LogP contribution in [0.4, 0.5) is 10.5 Å². The largest absolute Gasteiger partial charge is 0.487 e. The van der Waals surface area contributed by atoms with Crippen molar-refractivity contribution in [2.24, 2.45) is 0 Å². The molecule has 0 spiro atoms. The van der Waals surface area contributed by atoms with E-state index in [1.165, 1.54) is 7.11 Å². The minimum atomic E-state index is -0.539. The van der Waals surface area contributed by atoms with E-state index in [1.54, 1.807) is 42.7 Å². The average Bonchev–Trinajstić information content (AvgIpc) is 3.23. The molecule has 0 unspecified atom stereocenters. The van der Waals surface area contributed by atoms with E-state index >= 15 is 0 Å². The summed E-state index contributed by atoms with van der Waals surface area (Å²) in [6.45, 7) is 2.05. The number of hydrogen-bond acceptors (Lipinski definition) is 6. The van der Waals surface area contributed by atoms with E-state index in [2.05, 4.69) is 15.0 Å². The summed E-state index contributed by atoms with van der Waals surface area (Å²) in [5, 5.41) is 2.58. The number of anilines is 1. The quantitative estimate of drug-likeness (QED) is 0.762. The van der Waals surface area contributed by atoms with E-state index in [9.17, 15) is 4.79 Å². The number of nitrogens with zero attached hydrogens (tertiary/aromatic N) is 1. The van der Waals surface area contributed by atoms with Crippen LogP contribution in [0, 0.1) is 6.92 Å². The van der Waals surface area contributed by atoms with Gasteiger partial charge in [-0.25, -0.2) is 9.78 Å². The zero-order valence-corrected chi connectivity index (χ0v) is 13.2. The van der Waals surface area contributed by atoms with Crippen LogP contribution < -0.4 is 10.1 Å². The summed E-state index contributed by atoms with van der Waals surface area (Å²) >= 11 is 0. The maximum absolute atomic E-state index is 11.2. The van der Waals surface area contributed by atoms with Crippen molar-refractivity contribution in [3.05, 3.63) is 54.1 Å². The second kappa shape index (κ2) is 6.91. The molecule has 0 saturated carbocycles. The number of carbonyl (C=O) groups is 1. The highest BCUT2D eigenvalue weighted by Crippen LogP contribution is 2.24. The number of furan rings is 1. The Morgan fingerprint density at radius 3 is 2.92 bits per heavy atom. The minimum absolute atomic E-state index is 0.234.